The van der Waals surface area contributed by atoms with Gasteiger partial charge in [0.25, 0.3) is 0 Å². The van der Waals surface area contributed by atoms with E-state index in [1.54, 1.807) is 6.07 Å². The van der Waals surface area contributed by atoms with Crippen molar-refractivity contribution in [2.75, 3.05) is 7.05 Å². The number of hydrogen-bond donors (Lipinski definition) is 1. The zero-order valence-electron chi connectivity index (χ0n) is 10.9. The maximum atomic E-state index is 13.0. The molecule has 0 fully saturated rings. The first-order valence-electron chi connectivity index (χ1n) is 6.10. The molecule has 5 heteroatoms. The summed E-state index contributed by atoms with van der Waals surface area (Å²) >= 11 is 6.83. The van der Waals surface area contributed by atoms with E-state index in [0.717, 1.165) is 16.6 Å². The van der Waals surface area contributed by atoms with Crippen LogP contribution in [-0.4, -0.2) is 7.05 Å². The molecule has 2 nitrogen and oxygen atoms in total. The molecular formula is C15H14Br2FNO. The van der Waals surface area contributed by atoms with Gasteiger partial charge in [0.2, 0.25) is 0 Å². The third-order valence-electron chi connectivity index (χ3n) is 2.78. The molecule has 0 atom stereocenters. The summed E-state index contributed by atoms with van der Waals surface area (Å²) in [6.07, 6.45) is 0. The van der Waals surface area contributed by atoms with Crippen LogP contribution < -0.4 is 10.1 Å². The molecule has 0 unspecified atom stereocenters. The number of nitrogens with one attached hydrogen (secondary N) is 1. The highest BCUT2D eigenvalue weighted by Gasteiger charge is 2.06. The van der Waals surface area contributed by atoms with Crippen LogP contribution in [0.2, 0.25) is 0 Å². The summed E-state index contributed by atoms with van der Waals surface area (Å²) in [4.78, 5) is 0. The molecule has 0 saturated heterocycles. The SMILES string of the molecule is CNCc1ccc(COc2ccc(F)cc2Br)c(Br)c1. The van der Waals surface area contributed by atoms with Crippen LogP contribution in [-0.2, 0) is 13.2 Å². The molecule has 0 aliphatic rings. The molecule has 0 aliphatic carbocycles. The maximum Gasteiger partial charge on any atom is 0.134 e. The molecule has 0 spiro atoms. The molecule has 0 amide bonds. The van der Waals surface area contributed by atoms with Crippen molar-refractivity contribution < 1.29 is 9.13 Å². The van der Waals surface area contributed by atoms with Crippen LogP contribution in [0.1, 0.15) is 11.1 Å². The van der Waals surface area contributed by atoms with Crippen molar-refractivity contribution in [3.63, 3.8) is 0 Å². The van der Waals surface area contributed by atoms with E-state index in [9.17, 15) is 4.39 Å². The van der Waals surface area contributed by atoms with Gasteiger partial charge >= 0.3 is 0 Å². The quantitative estimate of drug-likeness (QED) is 0.785. The highest BCUT2D eigenvalue weighted by atomic mass is 79.9. The molecule has 20 heavy (non-hydrogen) atoms. The van der Waals surface area contributed by atoms with Crippen molar-refractivity contribution in [2.24, 2.45) is 0 Å². The van der Waals surface area contributed by atoms with Crippen LogP contribution in [0.4, 0.5) is 4.39 Å². The molecule has 106 valence electrons. The van der Waals surface area contributed by atoms with E-state index in [4.69, 9.17) is 4.74 Å². The Morgan fingerprint density at radius 1 is 1.10 bits per heavy atom. The molecule has 1 N–H and O–H groups in total. The molecule has 0 radical (unpaired) electrons. The van der Waals surface area contributed by atoms with Crippen molar-refractivity contribution in [1.29, 1.82) is 0 Å². The van der Waals surface area contributed by atoms with Crippen LogP contribution in [0.5, 0.6) is 5.75 Å². The fourth-order valence-corrected chi connectivity index (χ4v) is 2.78. The van der Waals surface area contributed by atoms with Gasteiger partial charge in [-0.1, -0.05) is 28.1 Å². The summed E-state index contributed by atoms with van der Waals surface area (Å²) in [5.74, 6) is 0.333. The highest BCUT2D eigenvalue weighted by Crippen LogP contribution is 2.27. The maximum absolute atomic E-state index is 13.0. The Labute approximate surface area is 134 Å². The van der Waals surface area contributed by atoms with Crippen molar-refractivity contribution in [1.82, 2.24) is 5.32 Å². The number of benzene rings is 2. The Morgan fingerprint density at radius 3 is 2.55 bits per heavy atom. The number of halogens is 3. The number of ether oxygens (including phenoxy) is 1. The van der Waals surface area contributed by atoms with E-state index in [0.29, 0.717) is 16.8 Å². The number of hydrogen-bond acceptors (Lipinski definition) is 2. The van der Waals surface area contributed by atoms with Gasteiger partial charge in [0, 0.05) is 16.6 Å². The van der Waals surface area contributed by atoms with E-state index < -0.39 is 0 Å². The zero-order valence-corrected chi connectivity index (χ0v) is 14.1. The summed E-state index contributed by atoms with van der Waals surface area (Å²) < 4.78 is 20.3. The van der Waals surface area contributed by atoms with E-state index in [-0.39, 0.29) is 5.82 Å². The molecule has 0 aromatic heterocycles. The van der Waals surface area contributed by atoms with Gasteiger partial charge < -0.3 is 10.1 Å². The Hall–Kier alpha value is -0.910. The van der Waals surface area contributed by atoms with Gasteiger partial charge in [-0.2, -0.15) is 0 Å². The first kappa shape index (κ1) is 15.5. The summed E-state index contributed by atoms with van der Waals surface area (Å²) in [5.41, 5.74) is 2.24. The lowest BCUT2D eigenvalue weighted by Gasteiger charge is -2.11. The molecule has 2 aromatic carbocycles. The first-order chi connectivity index (χ1) is 9.60. The smallest absolute Gasteiger partial charge is 0.134 e. The number of rotatable bonds is 5. The Bertz CT molecular complexity index is 604. The molecule has 2 aromatic rings. The minimum absolute atomic E-state index is 0.290. The van der Waals surface area contributed by atoms with Gasteiger partial charge in [-0.3, -0.25) is 0 Å². The van der Waals surface area contributed by atoms with Crippen molar-refractivity contribution in [2.45, 2.75) is 13.2 Å². The third kappa shape index (κ3) is 4.04. The summed E-state index contributed by atoms with van der Waals surface area (Å²) in [6, 6.07) is 10.5. The normalized spacial score (nSPS) is 10.6. The molecule has 0 bridgehead atoms. The predicted octanol–water partition coefficient (Wildman–Crippen LogP) is 4.65. The Balaban J connectivity index is 2.07. The van der Waals surface area contributed by atoms with Crippen LogP contribution in [0, 0.1) is 5.82 Å². The second-order valence-electron chi connectivity index (χ2n) is 4.32. The summed E-state index contributed by atoms with van der Waals surface area (Å²) in [7, 11) is 1.91. The summed E-state index contributed by atoms with van der Waals surface area (Å²) in [6.45, 7) is 1.24. The third-order valence-corrected chi connectivity index (χ3v) is 4.13. The van der Waals surface area contributed by atoms with E-state index in [2.05, 4.69) is 49.3 Å². The van der Waals surface area contributed by atoms with Crippen molar-refractivity contribution in [3.05, 3.63) is 62.3 Å². The summed E-state index contributed by atoms with van der Waals surface area (Å²) in [5, 5.41) is 3.11. The highest BCUT2D eigenvalue weighted by molar-refractivity contribution is 9.10. The lowest BCUT2D eigenvalue weighted by atomic mass is 10.1. The topological polar surface area (TPSA) is 21.3 Å². The van der Waals surface area contributed by atoms with Crippen molar-refractivity contribution >= 4 is 31.9 Å². The average molecular weight is 403 g/mol. The lowest BCUT2D eigenvalue weighted by Crippen LogP contribution is -2.05. The van der Waals surface area contributed by atoms with Gasteiger partial charge in [0.1, 0.15) is 18.2 Å². The molecule has 2 rings (SSSR count). The molecular weight excluding hydrogens is 389 g/mol. The van der Waals surface area contributed by atoms with E-state index >= 15 is 0 Å². The molecule has 0 saturated carbocycles. The second kappa shape index (κ2) is 7.20. The Kier molecular flexibility index (Phi) is 5.57. The monoisotopic (exact) mass is 401 g/mol. The minimum atomic E-state index is -0.290. The second-order valence-corrected chi connectivity index (χ2v) is 6.03. The fraction of sp³-hybridized carbons (Fsp3) is 0.200. The lowest BCUT2D eigenvalue weighted by molar-refractivity contribution is 0.303. The van der Waals surface area contributed by atoms with Crippen LogP contribution in [0.25, 0.3) is 0 Å². The molecule has 0 heterocycles. The van der Waals surface area contributed by atoms with Gasteiger partial charge in [-0.05, 0) is 52.8 Å². The van der Waals surface area contributed by atoms with Gasteiger partial charge in [-0.15, -0.1) is 0 Å². The largest absolute Gasteiger partial charge is 0.488 e. The Morgan fingerprint density at radius 2 is 1.90 bits per heavy atom. The first-order valence-corrected chi connectivity index (χ1v) is 7.68. The average Bonchev–Trinajstić information content (AvgIpc) is 2.40. The standard InChI is InChI=1S/C15H14Br2FNO/c1-19-8-10-2-3-11(13(16)6-10)9-20-15-5-4-12(18)7-14(15)17/h2-7,19H,8-9H2,1H3. The van der Waals surface area contributed by atoms with Crippen LogP contribution >= 0.6 is 31.9 Å². The van der Waals surface area contributed by atoms with Gasteiger partial charge in [-0.25, -0.2) is 4.39 Å². The van der Waals surface area contributed by atoms with Gasteiger partial charge in [0.05, 0.1) is 4.47 Å². The van der Waals surface area contributed by atoms with Crippen molar-refractivity contribution in [3.8, 4) is 5.75 Å². The molecule has 0 aliphatic heterocycles. The van der Waals surface area contributed by atoms with E-state index in [1.165, 1.54) is 17.7 Å². The predicted molar refractivity (Wildman–Crippen MR) is 85.3 cm³/mol. The van der Waals surface area contributed by atoms with Crippen LogP contribution in [0.3, 0.4) is 0 Å². The van der Waals surface area contributed by atoms with Crippen LogP contribution in [0.15, 0.2) is 45.3 Å². The van der Waals surface area contributed by atoms with E-state index in [1.807, 2.05) is 13.1 Å². The fourth-order valence-electron chi connectivity index (χ4n) is 1.77. The minimum Gasteiger partial charge on any atom is -0.488 e. The van der Waals surface area contributed by atoms with Gasteiger partial charge in [0.15, 0.2) is 0 Å². The zero-order chi connectivity index (χ0) is 14.5.